The minimum atomic E-state index is -1.05. The van der Waals surface area contributed by atoms with Gasteiger partial charge in [-0.15, -0.1) is 0 Å². The smallest absolute Gasteiger partial charge is 0.339 e. The average Bonchev–Trinajstić information content (AvgIpc) is 2.37. The van der Waals surface area contributed by atoms with Gasteiger partial charge in [-0.05, 0) is 31.5 Å². The highest BCUT2D eigenvalue weighted by molar-refractivity contribution is 6.35. The Morgan fingerprint density at radius 2 is 2.10 bits per heavy atom. The molecule has 7 heteroatoms. The molecule has 0 radical (unpaired) electrons. The second-order valence-electron chi connectivity index (χ2n) is 4.53. The third kappa shape index (κ3) is 3.62. The number of carboxylic acid groups (broad SMARTS) is 1. The highest BCUT2D eigenvalue weighted by Gasteiger charge is 2.14. The lowest BCUT2D eigenvalue weighted by molar-refractivity contribution is 0.0695. The van der Waals surface area contributed by atoms with Crippen LogP contribution in [-0.2, 0) is 0 Å². The third-order valence-electron chi connectivity index (χ3n) is 2.98. The van der Waals surface area contributed by atoms with Crippen molar-refractivity contribution in [3.05, 3.63) is 51.3 Å². The van der Waals surface area contributed by atoms with Crippen LogP contribution < -0.4 is 5.32 Å². The molecule has 0 aliphatic carbocycles. The molecule has 0 fully saturated rings. The van der Waals surface area contributed by atoms with Gasteiger partial charge in [-0.25, -0.2) is 14.8 Å². The van der Waals surface area contributed by atoms with E-state index in [4.69, 9.17) is 28.3 Å². The fourth-order valence-corrected chi connectivity index (χ4v) is 2.44. The largest absolute Gasteiger partial charge is 0.478 e. The zero-order valence-corrected chi connectivity index (χ0v) is 12.9. The van der Waals surface area contributed by atoms with E-state index in [1.807, 2.05) is 13.0 Å². The van der Waals surface area contributed by atoms with Gasteiger partial charge in [0.2, 0.25) is 5.95 Å². The maximum atomic E-state index is 10.9. The van der Waals surface area contributed by atoms with Gasteiger partial charge in [0.15, 0.2) is 0 Å². The van der Waals surface area contributed by atoms with Crippen LogP contribution >= 0.6 is 23.2 Å². The van der Waals surface area contributed by atoms with Crippen molar-refractivity contribution in [2.45, 2.75) is 19.9 Å². The average molecular weight is 326 g/mol. The van der Waals surface area contributed by atoms with Crippen LogP contribution in [0.3, 0.4) is 0 Å². The number of nitrogens with one attached hydrogen (secondary N) is 1. The topological polar surface area (TPSA) is 75.1 Å². The van der Waals surface area contributed by atoms with Gasteiger partial charge in [0.05, 0.1) is 17.3 Å². The predicted molar refractivity (Wildman–Crippen MR) is 82.2 cm³/mol. The van der Waals surface area contributed by atoms with Crippen molar-refractivity contribution < 1.29 is 9.90 Å². The molecule has 2 aromatic rings. The molecule has 1 atom stereocenters. The van der Waals surface area contributed by atoms with Gasteiger partial charge < -0.3 is 10.4 Å². The van der Waals surface area contributed by atoms with Crippen molar-refractivity contribution in [1.29, 1.82) is 0 Å². The molecule has 2 rings (SSSR count). The van der Waals surface area contributed by atoms with Crippen molar-refractivity contribution in [3.8, 4) is 0 Å². The van der Waals surface area contributed by atoms with Gasteiger partial charge in [-0.2, -0.15) is 0 Å². The zero-order valence-electron chi connectivity index (χ0n) is 11.4. The van der Waals surface area contributed by atoms with E-state index in [9.17, 15) is 4.79 Å². The van der Waals surface area contributed by atoms with Gasteiger partial charge in [0.1, 0.15) is 0 Å². The quantitative estimate of drug-likeness (QED) is 0.889. The van der Waals surface area contributed by atoms with Crippen molar-refractivity contribution in [2.24, 2.45) is 0 Å². The molecule has 0 saturated heterocycles. The Morgan fingerprint density at radius 3 is 2.67 bits per heavy atom. The first-order chi connectivity index (χ1) is 9.88. The number of aromatic carboxylic acids is 1. The Labute approximate surface area is 131 Å². The first-order valence-corrected chi connectivity index (χ1v) is 6.92. The molecule has 5 nitrogen and oxygen atoms in total. The van der Waals surface area contributed by atoms with Gasteiger partial charge in [0.25, 0.3) is 0 Å². The summed E-state index contributed by atoms with van der Waals surface area (Å²) in [4.78, 5) is 19.1. The molecule has 1 aromatic heterocycles. The fourth-order valence-electron chi connectivity index (χ4n) is 1.87. The van der Waals surface area contributed by atoms with E-state index in [1.54, 1.807) is 19.1 Å². The number of anilines is 1. The highest BCUT2D eigenvalue weighted by Crippen LogP contribution is 2.27. The van der Waals surface area contributed by atoms with E-state index in [-0.39, 0.29) is 11.6 Å². The van der Waals surface area contributed by atoms with Gasteiger partial charge in [0, 0.05) is 16.2 Å². The SMILES string of the molecule is Cc1nc(NC(C)c2ccc(Cl)cc2Cl)ncc1C(=O)O. The molecular weight excluding hydrogens is 313 g/mol. The van der Waals surface area contributed by atoms with Crippen LogP contribution in [0.15, 0.2) is 24.4 Å². The summed E-state index contributed by atoms with van der Waals surface area (Å²) >= 11 is 12.0. The van der Waals surface area contributed by atoms with Crippen molar-refractivity contribution >= 4 is 35.1 Å². The van der Waals surface area contributed by atoms with Gasteiger partial charge in [-0.1, -0.05) is 29.3 Å². The summed E-state index contributed by atoms with van der Waals surface area (Å²) in [5, 5.41) is 13.1. The van der Waals surface area contributed by atoms with Crippen LogP contribution in [0.25, 0.3) is 0 Å². The molecule has 1 unspecified atom stereocenters. The molecule has 1 heterocycles. The number of aryl methyl sites for hydroxylation is 1. The molecular formula is C14H13Cl2N3O2. The normalized spacial score (nSPS) is 12.0. The summed E-state index contributed by atoms with van der Waals surface area (Å²) in [5.74, 6) is -0.705. The maximum absolute atomic E-state index is 10.9. The van der Waals surface area contributed by atoms with Gasteiger partial charge in [-0.3, -0.25) is 0 Å². The summed E-state index contributed by atoms with van der Waals surface area (Å²) < 4.78 is 0. The second-order valence-corrected chi connectivity index (χ2v) is 5.37. The lowest BCUT2D eigenvalue weighted by Crippen LogP contribution is -2.12. The first-order valence-electron chi connectivity index (χ1n) is 6.17. The number of halogens is 2. The molecule has 0 spiro atoms. The van der Waals surface area contributed by atoms with Crippen molar-refractivity contribution in [3.63, 3.8) is 0 Å². The predicted octanol–water partition coefficient (Wildman–Crippen LogP) is 3.96. The lowest BCUT2D eigenvalue weighted by Gasteiger charge is -2.16. The summed E-state index contributed by atoms with van der Waals surface area (Å²) in [5.41, 5.74) is 1.33. The molecule has 2 N–H and O–H groups in total. The Kier molecular flexibility index (Phi) is 4.65. The number of carbonyl (C=O) groups is 1. The standard InChI is InChI=1S/C14H13Cl2N3O2/c1-7(10-4-3-9(15)5-12(10)16)18-14-17-6-11(13(20)21)8(2)19-14/h3-7H,1-2H3,(H,20,21)(H,17,18,19). The fraction of sp³-hybridized carbons (Fsp3) is 0.214. The number of nitrogens with zero attached hydrogens (tertiary/aromatic N) is 2. The van der Waals surface area contributed by atoms with Crippen LogP contribution in [0, 0.1) is 6.92 Å². The summed E-state index contributed by atoms with van der Waals surface area (Å²) in [6.07, 6.45) is 1.28. The highest BCUT2D eigenvalue weighted by atomic mass is 35.5. The molecule has 0 saturated carbocycles. The lowest BCUT2D eigenvalue weighted by atomic mass is 10.1. The molecule has 0 aliphatic rings. The van der Waals surface area contributed by atoms with E-state index in [2.05, 4.69) is 15.3 Å². The number of hydrogen-bond acceptors (Lipinski definition) is 4. The molecule has 21 heavy (non-hydrogen) atoms. The Morgan fingerprint density at radius 1 is 1.38 bits per heavy atom. The van der Waals surface area contributed by atoms with Crippen molar-refractivity contribution in [2.75, 3.05) is 5.32 Å². The van der Waals surface area contributed by atoms with Crippen molar-refractivity contribution in [1.82, 2.24) is 9.97 Å². The number of aromatic nitrogens is 2. The van der Waals surface area contributed by atoms with Crippen LogP contribution in [0.5, 0.6) is 0 Å². The van der Waals surface area contributed by atoms with Crippen LogP contribution in [0.1, 0.15) is 34.6 Å². The minimum absolute atomic E-state index is 0.0812. The van der Waals surface area contributed by atoms with Crippen LogP contribution in [0.2, 0.25) is 10.0 Å². The van der Waals surface area contributed by atoms with Crippen LogP contribution in [-0.4, -0.2) is 21.0 Å². The molecule has 0 bridgehead atoms. The first kappa shape index (κ1) is 15.5. The van der Waals surface area contributed by atoms with E-state index in [0.29, 0.717) is 21.7 Å². The van der Waals surface area contributed by atoms with E-state index in [1.165, 1.54) is 6.20 Å². The second kappa shape index (κ2) is 6.28. The van der Waals surface area contributed by atoms with E-state index >= 15 is 0 Å². The molecule has 110 valence electrons. The Balaban J connectivity index is 2.21. The molecule has 0 aliphatic heterocycles. The van der Waals surface area contributed by atoms with Crippen LogP contribution in [0.4, 0.5) is 5.95 Å². The number of benzene rings is 1. The number of rotatable bonds is 4. The Bertz CT molecular complexity index is 692. The number of hydrogen-bond donors (Lipinski definition) is 2. The molecule has 0 amide bonds. The number of carboxylic acids is 1. The Hall–Kier alpha value is -1.85. The zero-order chi connectivity index (χ0) is 15.6. The van der Waals surface area contributed by atoms with Gasteiger partial charge >= 0.3 is 5.97 Å². The summed E-state index contributed by atoms with van der Waals surface area (Å²) in [6, 6.07) is 5.09. The maximum Gasteiger partial charge on any atom is 0.339 e. The van der Waals surface area contributed by atoms with E-state index < -0.39 is 5.97 Å². The summed E-state index contributed by atoms with van der Waals surface area (Å²) in [7, 11) is 0. The summed E-state index contributed by atoms with van der Waals surface area (Å²) in [6.45, 7) is 3.52. The third-order valence-corrected chi connectivity index (χ3v) is 3.55. The monoisotopic (exact) mass is 325 g/mol. The minimum Gasteiger partial charge on any atom is -0.478 e. The van der Waals surface area contributed by atoms with E-state index in [0.717, 1.165) is 5.56 Å². The molecule has 1 aromatic carbocycles.